The maximum absolute atomic E-state index is 12.2. The Morgan fingerprint density at radius 2 is 1.24 bits per heavy atom. The van der Waals surface area contributed by atoms with Crippen molar-refractivity contribution < 1.29 is 14.3 Å². The second-order valence-corrected chi connectivity index (χ2v) is 5.53. The van der Waals surface area contributed by atoms with E-state index in [1.807, 2.05) is 36.4 Å². The Kier molecular flexibility index (Phi) is 4.57. The van der Waals surface area contributed by atoms with E-state index >= 15 is 0 Å². The fraction of sp³-hybridized carbons (Fsp3) is 0.0500. The van der Waals surface area contributed by atoms with E-state index < -0.39 is 5.97 Å². The van der Waals surface area contributed by atoms with Crippen LogP contribution in [0.15, 0.2) is 66.7 Å². The number of anilines is 2. The average Bonchev–Trinajstić information content (AvgIpc) is 2.61. The minimum absolute atomic E-state index is 0.316. The average molecular weight is 334 g/mol. The zero-order valence-corrected chi connectivity index (χ0v) is 13.7. The maximum atomic E-state index is 12.2. The Morgan fingerprint density at radius 1 is 0.760 bits per heavy atom. The molecule has 0 unspecified atom stereocenters. The van der Waals surface area contributed by atoms with Crippen molar-refractivity contribution in [3.05, 3.63) is 72.3 Å². The largest absolute Gasteiger partial charge is 0.497 e. The second kappa shape index (κ2) is 6.97. The number of rotatable bonds is 4. The predicted molar refractivity (Wildman–Crippen MR) is 98.7 cm³/mol. The lowest BCUT2D eigenvalue weighted by atomic mass is 10.1. The molecule has 0 spiro atoms. The summed E-state index contributed by atoms with van der Waals surface area (Å²) < 4.78 is 10.5. The molecular formula is C20H18N2O3. The lowest BCUT2D eigenvalue weighted by Crippen LogP contribution is -2.09. The lowest BCUT2D eigenvalue weighted by molar-refractivity contribution is 0.0735. The molecule has 5 nitrogen and oxygen atoms in total. The molecule has 3 rings (SSSR count). The monoisotopic (exact) mass is 334 g/mol. The molecule has 4 N–H and O–H groups in total. The Morgan fingerprint density at radius 3 is 1.72 bits per heavy atom. The highest BCUT2D eigenvalue weighted by Crippen LogP contribution is 2.25. The summed E-state index contributed by atoms with van der Waals surface area (Å²) in [6.45, 7) is 0. The van der Waals surface area contributed by atoms with Gasteiger partial charge in [0.2, 0.25) is 0 Å². The Labute approximate surface area is 145 Å². The van der Waals surface area contributed by atoms with E-state index in [1.165, 1.54) is 12.1 Å². The summed E-state index contributed by atoms with van der Waals surface area (Å²) in [7, 11) is 1.63. The van der Waals surface area contributed by atoms with E-state index in [-0.39, 0.29) is 0 Å². The van der Waals surface area contributed by atoms with Gasteiger partial charge in [-0.05, 0) is 53.6 Å². The van der Waals surface area contributed by atoms with Gasteiger partial charge < -0.3 is 20.9 Å². The van der Waals surface area contributed by atoms with E-state index in [0.29, 0.717) is 22.7 Å². The van der Waals surface area contributed by atoms with Gasteiger partial charge in [-0.15, -0.1) is 0 Å². The molecule has 0 aromatic heterocycles. The number of hydrogen-bond acceptors (Lipinski definition) is 5. The van der Waals surface area contributed by atoms with E-state index in [0.717, 1.165) is 16.9 Å². The van der Waals surface area contributed by atoms with Crippen LogP contribution in [0.1, 0.15) is 10.4 Å². The van der Waals surface area contributed by atoms with Crippen molar-refractivity contribution in [2.75, 3.05) is 18.6 Å². The Hall–Kier alpha value is -3.47. The number of ether oxygens (including phenoxy) is 2. The minimum atomic E-state index is -0.504. The molecular weight excluding hydrogens is 316 g/mol. The number of hydrogen-bond donors (Lipinski definition) is 2. The van der Waals surface area contributed by atoms with Crippen LogP contribution >= 0.6 is 0 Å². The summed E-state index contributed by atoms with van der Waals surface area (Å²) in [6, 6.07) is 19.6. The molecule has 25 heavy (non-hydrogen) atoms. The highest BCUT2D eigenvalue weighted by molar-refractivity contribution is 5.93. The van der Waals surface area contributed by atoms with E-state index in [1.54, 1.807) is 25.3 Å². The van der Waals surface area contributed by atoms with Gasteiger partial charge in [0.05, 0.1) is 12.7 Å². The number of carbonyl (C=O) groups excluding carboxylic acids is 1. The molecule has 0 bridgehead atoms. The fourth-order valence-corrected chi connectivity index (χ4v) is 2.46. The number of benzene rings is 3. The van der Waals surface area contributed by atoms with Gasteiger partial charge in [0.25, 0.3) is 0 Å². The van der Waals surface area contributed by atoms with Crippen LogP contribution in [0.5, 0.6) is 11.5 Å². The van der Waals surface area contributed by atoms with Gasteiger partial charge in [0.15, 0.2) is 0 Å². The quantitative estimate of drug-likeness (QED) is 0.431. The van der Waals surface area contributed by atoms with Crippen LogP contribution in [0.4, 0.5) is 11.4 Å². The first-order valence-corrected chi connectivity index (χ1v) is 7.68. The van der Waals surface area contributed by atoms with Crippen LogP contribution in [0, 0.1) is 0 Å². The topological polar surface area (TPSA) is 87.6 Å². The SMILES string of the molecule is COc1ccc(-c2ccc(OC(=O)c3cc(N)cc(N)c3)cc2)cc1. The molecule has 126 valence electrons. The summed E-state index contributed by atoms with van der Waals surface area (Å²) in [6.07, 6.45) is 0. The van der Waals surface area contributed by atoms with Gasteiger partial charge in [0, 0.05) is 11.4 Å². The van der Waals surface area contributed by atoms with Gasteiger partial charge in [-0.2, -0.15) is 0 Å². The Balaban J connectivity index is 1.74. The van der Waals surface area contributed by atoms with Crippen LogP contribution in [-0.2, 0) is 0 Å². The number of carbonyl (C=O) groups is 1. The molecule has 0 saturated carbocycles. The molecule has 0 fully saturated rings. The summed E-state index contributed by atoms with van der Waals surface area (Å²) in [5, 5.41) is 0. The zero-order valence-electron chi connectivity index (χ0n) is 13.7. The molecule has 0 aliphatic carbocycles. The third kappa shape index (κ3) is 3.90. The van der Waals surface area contributed by atoms with E-state index in [9.17, 15) is 4.79 Å². The minimum Gasteiger partial charge on any atom is -0.497 e. The molecule has 0 saturated heterocycles. The number of nitrogens with two attached hydrogens (primary N) is 2. The number of methoxy groups -OCH3 is 1. The first-order valence-electron chi connectivity index (χ1n) is 7.68. The van der Waals surface area contributed by atoms with E-state index in [2.05, 4.69) is 0 Å². The van der Waals surface area contributed by atoms with Crippen molar-refractivity contribution in [3.8, 4) is 22.6 Å². The van der Waals surface area contributed by atoms with Crippen LogP contribution in [-0.4, -0.2) is 13.1 Å². The van der Waals surface area contributed by atoms with Gasteiger partial charge >= 0.3 is 5.97 Å². The third-order valence-corrected chi connectivity index (χ3v) is 3.70. The summed E-state index contributed by atoms with van der Waals surface area (Å²) in [5.41, 5.74) is 14.6. The molecule has 0 atom stereocenters. The number of esters is 1. The molecule has 0 heterocycles. The predicted octanol–water partition coefficient (Wildman–Crippen LogP) is 3.75. The van der Waals surface area contributed by atoms with Crippen molar-refractivity contribution in [3.63, 3.8) is 0 Å². The van der Waals surface area contributed by atoms with Crippen LogP contribution < -0.4 is 20.9 Å². The summed E-state index contributed by atoms with van der Waals surface area (Å²) in [4.78, 5) is 12.2. The lowest BCUT2D eigenvalue weighted by Gasteiger charge is -2.08. The highest BCUT2D eigenvalue weighted by atomic mass is 16.5. The first-order chi connectivity index (χ1) is 12.0. The second-order valence-electron chi connectivity index (χ2n) is 5.53. The smallest absolute Gasteiger partial charge is 0.343 e. The van der Waals surface area contributed by atoms with Crippen molar-refractivity contribution in [1.29, 1.82) is 0 Å². The van der Waals surface area contributed by atoms with Gasteiger partial charge in [-0.1, -0.05) is 24.3 Å². The summed E-state index contributed by atoms with van der Waals surface area (Å²) >= 11 is 0. The van der Waals surface area contributed by atoms with Crippen molar-refractivity contribution >= 4 is 17.3 Å². The standard InChI is InChI=1S/C20H18N2O3/c1-24-18-6-2-13(3-7-18)14-4-8-19(9-5-14)25-20(23)15-10-16(21)12-17(22)11-15/h2-12H,21-22H2,1H3. The number of nitrogen functional groups attached to an aromatic ring is 2. The molecule has 5 heteroatoms. The zero-order chi connectivity index (χ0) is 17.8. The van der Waals surface area contributed by atoms with E-state index in [4.69, 9.17) is 20.9 Å². The summed E-state index contributed by atoms with van der Waals surface area (Å²) in [5.74, 6) is 0.746. The van der Waals surface area contributed by atoms with Gasteiger partial charge in [0.1, 0.15) is 11.5 Å². The highest BCUT2D eigenvalue weighted by Gasteiger charge is 2.10. The molecule has 3 aromatic rings. The van der Waals surface area contributed by atoms with Crippen LogP contribution in [0.25, 0.3) is 11.1 Å². The molecule has 0 radical (unpaired) electrons. The molecule has 0 aliphatic rings. The van der Waals surface area contributed by atoms with Gasteiger partial charge in [-0.25, -0.2) is 4.79 Å². The fourth-order valence-electron chi connectivity index (χ4n) is 2.46. The molecule has 0 amide bonds. The van der Waals surface area contributed by atoms with Crippen molar-refractivity contribution in [2.24, 2.45) is 0 Å². The molecule has 3 aromatic carbocycles. The van der Waals surface area contributed by atoms with Gasteiger partial charge in [-0.3, -0.25) is 0 Å². The maximum Gasteiger partial charge on any atom is 0.343 e. The van der Waals surface area contributed by atoms with Crippen molar-refractivity contribution in [2.45, 2.75) is 0 Å². The third-order valence-electron chi connectivity index (χ3n) is 3.70. The Bertz CT molecular complexity index is 868. The van der Waals surface area contributed by atoms with Crippen LogP contribution in [0.3, 0.4) is 0 Å². The first kappa shape index (κ1) is 16.4. The molecule has 0 aliphatic heterocycles. The van der Waals surface area contributed by atoms with Crippen molar-refractivity contribution in [1.82, 2.24) is 0 Å². The normalized spacial score (nSPS) is 10.3. The van der Waals surface area contributed by atoms with Crippen LogP contribution in [0.2, 0.25) is 0 Å².